The Bertz CT molecular complexity index is 403. The number of carbonyl (C=O) groups is 1. The number of carbonyl (C=O) groups excluding carboxylic acids is 1. The molecule has 1 unspecified atom stereocenters. The SMILES string of the molecule is NC(O)CC=O.c1ccc(-c2ccccc2)cc1. The molecule has 0 saturated heterocycles. The van der Waals surface area contributed by atoms with Crippen LogP contribution in [0.4, 0.5) is 0 Å². The molecule has 0 saturated carbocycles. The monoisotopic (exact) mass is 243 g/mol. The van der Waals surface area contributed by atoms with Crippen LogP contribution in [0.15, 0.2) is 60.7 Å². The molecule has 3 nitrogen and oxygen atoms in total. The molecule has 0 spiro atoms. The van der Waals surface area contributed by atoms with Crippen LogP contribution in [0.25, 0.3) is 11.1 Å². The molecule has 0 aliphatic carbocycles. The van der Waals surface area contributed by atoms with E-state index in [9.17, 15) is 4.79 Å². The van der Waals surface area contributed by atoms with Crippen LogP contribution >= 0.6 is 0 Å². The van der Waals surface area contributed by atoms with Gasteiger partial charge in [-0.25, -0.2) is 0 Å². The molecule has 0 fully saturated rings. The van der Waals surface area contributed by atoms with Crippen LogP contribution in [0.5, 0.6) is 0 Å². The number of hydrogen-bond acceptors (Lipinski definition) is 3. The lowest BCUT2D eigenvalue weighted by Crippen LogP contribution is -2.18. The Morgan fingerprint density at radius 3 is 1.56 bits per heavy atom. The van der Waals surface area contributed by atoms with Gasteiger partial charge in [-0.2, -0.15) is 0 Å². The van der Waals surface area contributed by atoms with E-state index in [4.69, 9.17) is 10.8 Å². The largest absolute Gasteiger partial charge is 0.378 e. The standard InChI is InChI=1S/C12H10.C3H7NO2/c1-3-7-11(8-4-1)12-9-5-2-6-10-12;4-3(6)1-2-5/h1-10H;2-3,6H,1,4H2. The first-order chi connectivity index (χ1) is 8.74. The van der Waals surface area contributed by atoms with Crippen LogP contribution in [0.3, 0.4) is 0 Å². The molecule has 2 aromatic carbocycles. The molecular formula is C15H17NO2. The van der Waals surface area contributed by atoms with Gasteiger partial charge in [0.2, 0.25) is 0 Å². The fourth-order valence-corrected chi connectivity index (χ4v) is 1.36. The van der Waals surface area contributed by atoms with E-state index in [0.717, 1.165) is 0 Å². The van der Waals surface area contributed by atoms with Gasteiger partial charge in [-0.3, -0.25) is 0 Å². The van der Waals surface area contributed by atoms with Gasteiger partial charge < -0.3 is 15.6 Å². The maximum atomic E-state index is 9.38. The van der Waals surface area contributed by atoms with Crippen molar-refractivity contribution in [3.8, 4) is 11.1 Å². The summed E-state index contributed by atoms with van der Waals surface area (Å²) in [6.45, 7) is 0. The lowest BCUT2D eigenvalue weighted by Gasteiger charge is -1.98. The first kappa shape index (κ1) is 14.1. The summed E-state index contributed by atoms with van der Waals surface area (Å²) in [5.74, 6) is 0. The lowest BCUT2D eigenvalue weighted by atomic mass is 10.1. The van der Waals surface area contributed by atoms with E-state index in [-0.39, 0.29) is 6.42 Å². The van der Waals surface area contributed by atoms with Crippen LogP contribution in [-0.4, -0.2) is 17.6 Å². The summed E-state index contributed by atoms with van der Waals surface area (Å²) in [5, 5.41) is 8.10. The normalized spacial score (nSPS) is 11.0. The van der Waals surface area contributed by atoms with Crippen LogP contribution in [-0.2, 0) is 4.79 Å². The Labute approximate surface area is 107 Å². The summed E-state index contributed by atoms with van der Waals surface area (Å²) in [4.78, 5) is 9.38. The van der Waals surface area contributed by atoms with Crippen LogP contribution < -0.4 is 5.73 Å². The highest BCUT2D eigenvalue weighted by molar-refractivity contribution is 5.62. The molecule has 0 bridgehead atoms. The van der Waals surface area contributed by atoms with E-state index < -0.39 is 6.23 Å². The van der Waals surface area contributed by atoms with Gasteiger partial charge in [0, 0.05) is 6.42 Å². The highest BCUT2D eigenvalue weighted by Crippen LogP contribution is 2.17. The predicted molar refractivity (Wildman–Crippen MR) is 72.8 cm³/mol. The minimum absolute atomic E-state index is 0.0278. The molecule has 18 heavy (non-hydrogen) atoms. The van der Waals surface area contributed by atoms with Gasteiger partial charge in [0.15, 0.2) is 0 Å². The first-order valence-corrected chi connectivity index (χ1v) is 5.72. The van der Waals surface area contributed by atoms with Gasteiger partial charge in [0.05, 0.1) is 0 Å². The van der Waals surface area contributed by atoms with Gasteiger partial charge in [0.25, 0.3) is 0 Å². The molecular weight excluding hydrogens is 226 g/mol. The average molecular weight is 243 g/mol. The van der Waals surface area contributed by atoms with E-state index in [0.29, 0.717) is 6.29 Å². The number of rotatable bonds is 3. The number of benzene rings is 2. The Morgan fingerprint density at radius 2 is 1.33 bits per heavy atom. The third-order valence-corrected chi connectivity index (χ3v) is 2.22. The zero-order valence-corrected chi connectivity index (χ0v) is 10.1. The van der Waals surface area contributed by atoms with Crippen molar-refractivity contribution in [2.75, 3.05) is 0 Å². The van der Waals surface area contributed by atoms with Gasteiger partial charge in [-0.1, -0.05) is 60.7 Å². The zero-order chi connectivity index (χ0) is 13.2. The molecule has 2 rings (SSSR count). The van der Waals surface area contributed by atoms with E-state index in [1.165, 1.54) is 11.1 Å². The summed E-state index contributed by atoms with van der Waals surface area (Å²) < 4.78 is 0. The van der Waals surface area contributed by atoms with Crippen LogP contribution in [0.1, 0.15) is 6.42 Å². The Kier molecular flexibility index (Phi) is 6.40. The molecule has 94 valence electrons. The number of aldehydes is 1. The summed E-state index contributed by atoms with van der Waals surface area (Å²) in [6, 6.07) is 20.8. The van der Waals surface area contributed by atoms with Gasteiger partial charge in [-0.15, -0.1) is 0 Å². The molecule has 2 aromatic rings. The smallest absolute Gasteiger partial charge is 0.123 e. The number of aliphatic hydroxyl groups excluding tert-OH is 1. The fraction of sp³-hybridized carbons (Fsp3) is 0.133. The van der Waals surface area contributed by atoms with Gasteiger partial charge in [-0.05, 0) is 11.1 Å². The van der Waals surface area contributed by atoms with E-state index in [1.54, 1.807) is 0 Å². The molecule has 0 amide bonds. The minimum Gasteiger partial charge on any atom is -0.378 e. The van der Waals surface area contributed by atoms with E-state index >= 15 is 0 Å². The third-order valence-electron chi connectivity index (χ3n) is 2.22. The maximum Gasteiger partial charge on any atom is 0.123 e. The lowest BCUT2D eigenvalue weighted by molar-refractivity contribution is -0.109. The number of aliphatic hydroxyl groups is 1. The van der Waals surface area contributed by atoms with E-state index in [1.807, 2.05) is 12.1 Å². The molecule has 0 aliphatic heterocycles. The van der Waals surface area contributed by atoms with Crippen LogP contribution in [0, 0.1) is 0 Å². The summed E-state index contributed by atoms with van der Waals surface area (Å²) in [5.41, 5.74) is 7.28. The maximum absolute atomic E-state index is 9.38. The summed E-state index contributed by atoms with van der Waals surface area (Å²) in [7, 11) is 0. The van der Waals surface area contributed by atoms with Crippen molar-refractivity contribution < 1.29 is 9.90 Å². The second-order valence-electron chi connectivity index (χ2n) is 3.70. The molecule has 0 heterocycles. The van der Waals surface area contributed by atoms with E-state index in [2.05, 4.69) is 48.5 Å². The number of hydrogen-bond donors (Lipinski definition) is 2. The predicted octanol–water partition coefficient (Wildman–Crippen LogP) is 2.21. The van der Waals surface area contributed by atoms with Crippen molar-refractivity contribution >= 4 is 6.29 Å². The Morgan fingerprint density at radius 1 is 0.944 bits per heavy atom. The van der Waals surface area contributed by atoms with Crippen molar-refractivity contribution in [1.82, 2.24) is 0 Å². The minimum atomic E-state index is -0.970. The third kappa shape index (κ3) is 5.39. The Balaban J connectivity index is 0.000000232. The summed E-state index contributed by atoms with van der Waals surface area (Å²) >= 11 is 0. The molecule has 3 heteroatoms. The van der Waals surface area contributed by atoms with Crippen LogP contribution in [0.2, 0.25) is 0 Å². The second-order valence-corrected chi connectivity index (χ2v) is 3.70. The molecule has 3 N–H and O–H groups in total. The average Bonchev–Trinajstić information content (AvgIpc) is 2.41. The number of nitrogens with two attached hydrogens (primary N) is 1. The van der Waals surface area contributed by atoms with Gasteiger partial charge in [0.1, 0.15) is 12.5 Å². The highest BCUT2D eigenvalue weighted by atomic mass is 16.3. The van der Waals surface area contributed by atoms with Crippen molar-refractivity contribution in [3.05, 3.63) is 60.7 Å². The topological polar surface area (TPSA) is 63.3 Å². The molecule has 1 atom stereocenters. The fourth-order valence-electron chi connectivity index (χ4n) is 1.36. The molecule has 0 aromatic heterocycles. The van der Waals surface area contributed by atoms with Crippen molar-refractivity contribution in [2.45, 2.75) is 12.6 Å². The zero-order valence-electron chi connectivity index (χ0n) is 10.1. The summed E-state index contributed by atoms with van der Waals surface area (Å²) in [6.07, 6.45) is -0.368. The van der Waals surface area contributed by atoms with Crippen molar-refractivity contribution in [3.63, 3.8) is 0 Å². The van der Waals surface area contributed by atoms with Crippen molar-refractivity contribution in [2.24, 2.45) is 5.73 Å². The highest BCUT2D eigenvalue weighted by Gasteiger charge is 1.91. The van der Waals surface area contributed by atoms with Crippen molar-refractivity contribution in [1.29, 1.82) is 0 Å². The molecule has 0 radical (unpaired) electrons. The first-order valence-electron chi connectivity index (χ1n) is 5.72. The quantitative estimate of drug-likeness (QED) is 0.641. The Hall–Kier alpha value is -1.97. The second kappa shape index (κ2) is 8.17. The van der Waals surface area contributed by atoms with Gasteiger partial charge >= 0.3 is 0 Å². The molecule has 0 aliphatic rings.